The van der Waals surface area contributed by atoms with Crippen molar-refractivity contribution in [1.82, 2.24) is 15.1 Å². The van der Waals surface area contributed by atoms with E-state index in [1.54, 1.807) is 26.4 Å². The van der Waals surface area contributed by atoms with E-state index in [1.165, 1.54) is 5.56 Å². The standard InChI is InChI=1S/C25H29N3O3/c1-6-10-20-13-21(14-23(30-4)24(20)31-5)25(29)26-15-22-17(2)27-28(18(22)3)16-19-11-8-7-9-12-19/h6-9,11-14H,1,10,15-16H2,2-5H3,(H,26,29). The van der Waals surface area contributed by atoms with Gasteiger partial charge in [0.05, 0.1) is 26.5 Å². The van der Waals surface area contributed by atoms with Crippen LogP contribution < -0.4 is 14.8 Å². The Balaban J connectivity index is 1.78. The maximum Gasteiger partial charge on any atom is 0.251 e. The molecule has 0 spiro atoms. The van der Waals surface area contributed by atoms with Gasteiger partial charge in [-0.2, -0.15) is 5.10 Å². The number of carbonyl (C=O) groups excluding carboxylic acids is 1. The van der Waals surface area contributed by atoms with Gasteiger partial charge in [-0.05, 0) is 38.0 Å². The fraction of sp³-hybridized carbons (Fsp3) is 0.280. The summed E-state index contributed by atoms with van der Waals surface area (Å²) in [6.07, 6.45) is 2.35. The van der Waals surface area contributed by atoms with Crippen LogP contribution in [0.1, 0.15) is 38.4 Å². The van der Waals surface area contributed by atoms with Crippen LogP contribution in [0, 0.1) is 13.8 Å². The van der Waals surface area contributed by atoms with Crippen LogP contribution in [0.15, 0.2) is 55.1 Å². The number of rotatable bonds is 9. The van der Waals surface area contributed by atoms with Crippen molar-refractivity contribution < 1.29 is 14.3 Å². The number of amides is 1. The van der Waals surface area contributed by atoms with Crippen molar-refractivity contribution in [3.05, 3.63) is 88.8 Å². The summed E-state index contributed by atoms with van der Waals surface area (Å²) in [4.78, 5) is 12.9. The molecule has 6 heteroatoms. The van der Waals surface area contributed by atoms with E-state index in [9.17, 15) is 4.79 Å². The van der Waals surface area contributed by atoms with Crippen molar-refractivity contribution >= 4 is 5.91 Å². The number of hydrogen-bond donors (Lipinski definition) is 1. The largest absolute Gasteiger partial charge is 0.493 e. The van der Waals surface area contributed by atoms with Crippen LogP contribution in [0.4, 0.5) is 0 Å². The Morgan fingerprint density at radius 2 is 1.90 bits per heavy atom. The number of carbonyl (C=O) groups is 1. The highest BCUT2D eigenvalue weighted by Crippen LogP contribution is 2.33. The second-order valence-electron chi connectivity index (χ2n) is 7.34. The van der Waals surface area contributed by atoms with E-state index in [4.69, 9.17) is 9.47 Å². The lowest BCUT2D eigenvalue weighted by molar-refractivity contribution is 0.0950. The van der Waals surface area contributed by atoms with E-state index in [2.05, 4.69) is 29.1 Å². The molecule has 6 nitrogen and oxygen atoms in total. The van der Waals surface area contributed by atoms with Crippen LogP contribution in [-0.4, -0.2) is 29.9 Å². The van der Waals surface area contributed by atoms with E-state index in [1.807, 2.05) is 42.8 Å². The molecule has 1 N–H and O–H groups in total. The molecule has 0 aliphatic heterocycles. The fourth-order valence-corrected chi connectivity index (χ4v) is 3.65. The van der Waals surface area contributed by atoms with Crippen LogP contribution in [0.5, 0.6) is 11.5 Å². The van der Waals surface area contributed by atoms with E-state index in [-0.39, 0.29) is 5.91 Å². The smallest absolute Gasteiger partial charge is 0.251 e. The van der Waals surface area contributed by atoms with E-state index in [0.29, 0.717) is 36.6 Å². The van der Waals surface area contributed by atoms with Gasteiger partial charge in [0.25, 0.3) is 5.91 Å². The highest BCUT2D eigenvalue weighted by molar-refractivity contribution is 5.95. The molecule has 1 aromatic heterocycles. The zero-order valence-electron chi connectivity index (χ0n) is 18.6. The van der Waals surface area contributed by atoms with Gasteiger partial charge in [-0.3, -0.25) is 9.48 Å². The molecule has 0 unspecified atom stereocenters. The van der Waals surface area contributed by atoms with Gasteiger partial charge in [-0.25, -0.2) is 0 Å². The van der Waals surface area contributed by atoms with Crippen molar-refractivity contribution in [2.24, 2.45) is 0 Å². The first kappa shape index (κ1) is 22.2. The molecule has 0 saturated heterocycles. The second-order valence-corrected chi connectivity index (χ2v) is 7.34. The van der Waals surface area contributed by atoms with Crippen LogP contribution in [0.2, 0.25) is 0 Å². The van der Waals surface area contributed by atoms with E-state index in [0.717, 1.165) is 22.5 Å². The third-order valence-corrected chi connectivity index (χ3v) is 5.31. The first-order valence-corrected chi connectivity index (χ1v) is 10.2. The molecule has 0 radical (unpaired) electrons. The van der Waals surface area contributed by atoms with Gasteiger partial charge in [-0.15, -0.1) is 6.58 Å². The molecule has 3 aromatic rings. The number of aromatic nitrogens is 2. The van der Waals surface area contributed by atoms with Gasteiger partial charge < -0.3 is 14.8 Å². The molecular weight excluding hydrogens is 390 g/mol. The van der Waals surface area contributed by atoms with Gasteiger partial charge in [0.2, 0.25) is 0 Å². The van der Waals surface area contributed by atoms with Gasteiger partial charge in [0.15, 0.2) is 11.5 Å². The SMILES string of the molecule is C=CCc1cc(C(=O)NCc2c(C)nn(Cc3ccccc3)c2C)cc(OC)c1OC. The van der Waals surface area contributed by atoms with Crippen molar-refractivity contribution in [3.8, 4) is 11.5 Å². The Morgan fingerprint density at radius 3 is 2.55 bits per heavy atom. The summed E-state index contributed by atoms with van der Waals surface area (Å²) < 4.78 is 12.9. The van der Waals surface area contributed by atoms with Gasteiger partial charge in [0.1, 0.15) is 0 Å². The topological polar surface area (TPSA) is 65.4 Å². The summed E-state index contributed by atoms with van der Waals surface area (Å²) in [6, 6.07) is 13.7. The molecule has 0 atom stereocenters. The van der Waals surface area contributed by atoms with Crippen LogP contribution >= 0.6 is 0 Å². The Kier molecular flexibility index (Phi) is 7.13. The minimum Gasteiger partial charge on any atom is -0.493 e. The predicted molar refractivity (Wildman–Crippen MR) is 122 cm³/mol. The third kappa shape index (κ3) is 4.97. The fourth-order valence-electron chi connectivity index (χ4n) is 3.65. The lowest BCUT2D eigenvalue weighted by Crippen LogP contribution is -2.23. The summed E-state index contributed by atoms with van der Waals surface area (Å²) in [6.45, 7) is 8.88. The van der Waals surface area contributed by atoms with Crippen molar-refractivity contribution in [2.45, 2.75) is 33.4 Å². The summed E-state index contributed by atoms with van der Waals surface area (Å²) in [5, 5.41) is 7.68. The van der Waals surface area contributed by atoms with Crippen LogP contribution in [-0.2, 0) is 19.5 Å². The van der Waals surface area contributed by atoms with Crippen molar-refractivity contribution in [3.63, 3.8) is 0 Å². The quantitative estimate of drug-likeness (QED) is 0.527. The van der Waals surface area contributed by atoms with Gasteiger partial charge in [-0.1, -0.05) is 36.4 Å². The summed E-state index contributed by atoms with van der Waals surface area (Å²) in [5.41, 5.74) is 5.53. The Labute approximate surface area is 183 Å². The average molecular weight is 420 g/mol. The molecular formula is C25H29N3O3. The minimum atomic E-state index is -0.180. The van der Waals surface area contributed by atoms with Crippen molar-refractivity contribution in [2.75, 3.05) is 14.2 Å². The van der Waals surface area contributed by atoms with E-state index >= 15 is 0 Å². The molecule has 0 fully saturated rings. The second kappa shape index (κ2) is 9.98. The summed E-state index contributed by atoms with van der Waals surface area (Å²) in [5.74, 6) is 0.962. The normalized spacial score (nSPS) is 10.6. The molecule has 1 heterocycles. The van der Waals surface area contributed by atoms with Crippen molar-refractivity contribution in [1.29, 1.82) is 0 Å². The molecule has 0 aliphatic rings. The molecule has 1 amide bonds. The number of benzene rings is 2. The molecule has 162 valence electrons. The molecule has 0 saturated carbocycles. The molecule has 0 bridgehead atoms. The number of nitrogens with one attached hydrogen (secondary N) is 1. The monoisotopic (exact) mass is 419 g/mol. The Bertz CT molecular complexity index is 1070. The van der Waals surface area contributed by atoms with Crippen LogP contribution in [0.25, 0.3) is 0 Å². The summed E-state index contributed by atoms with van der Waals surface area (Å²) >= 11 is 0. The molecule has 0 aliphatic carbocycles. The van der Waals surface area contributed by atoms with Gasteiger partial charge in [0, 0.05) is 28.9 Å². The number of nitrogens with zero attached hydrogens (tertiary/aromatic N) is 2. The molecule has 2 aromatic carbocycles. The van der Waals surface area contributed by atoms with Crippen LogP contribution in [0.3, 0.4) is 0 Å². The number of allylic oxidation sites excluding steroid dienone is 1. The lowest BCUT2D eigenvalue weighted by Gasteiger charge is -2.14. The Morgan fingerprint density at radius 1 is 1.16 bits per heavy atom. The number of hydrogen-bond acceptors (Lipinski definition) is 4. The number of ether oxygens (including phenoxy) is 2. The summed E-state index contributed by atoms with van der Waals surface area (Å²) in [7, 11) is 3.15. The zero-order chi connectivity index (χ0) is 22.4. The first-order valence-electron chi connectivity index (χ1n) is 10.2. The first-order chi connectivity index (χ1) is 15.0. The van der Waals surface area contributed by atoms with Gasteiger partial charge >= 0.3 is 0 Å². The Hall–Kier alpha value is -3.54. The highest BCUT2D eigenvalue weighted by Gasteiger charge is 2.17. The minimum absolute atomic E-state index is 0.180. The zero-order valence-corrected chi connectivity index (χ0v) is 18.6. The molecule has 3 rings (SSSR count). The maximum atomic E-state index is 12.9. The molecule has 31 heavy (non-hydrogen) atoms. The van der Waals surface area contributed by atoms with E-state index < -0.39 is 0 Å². The lowest BCUT2D eigenvalue weighted by atomic mass is 10.0. The number of aryl methyl sites for hydroxylation is 1. The third-order valence-electron chi connectivity index (χ3n) is 5.31. The average Bonchev–Trinajstić information content (AvgIpc) is 3.04. The predicted octanol–water partition coefficient (Wildman–Crippen LogP) is 4.22. The number of methoxy groups -OCH3 is 2. The maximum absolute atomic E-state index is 12.9. The highest BCUT2D eigenvalue weighted by atomic mass is 16.5.